The Morgan fingerprint density at radius 3 is 2.59 bits per heavy atom. The first-order valence-electron chi connectivity index (χ1n) is 7.33. The number of anilines is 1. The average Bonchev–Trinajstić information content (AvgIpc) is 2.60. The summed E-state index contributed by atoms with van der Waals surface area (Å²) in [6.45, 7) is 1.40. The Morgan fingerprint density at radius 1 is 1.26 bits per heavy atom. The molecule has 0 fully saturated rings. The third kappa shape index (κ3) is 5.83. The number of carbonyl (C=O) groups is 2. The predicted octanol–water partition coefficient (Wildman–Crippen LogP) is 3.97. The second-order valence-corrected chi connectivity index (χ2v) is 6.55. The van der Waals surface area contributed by atoms with Gasteiger partial charge in [0.15, 0.2) is 5.16 Å². The fourth-order valence-electron chi connectivity index (χ4n) is 1.93. The number of thioether (sulfide) groups is 1. The van der Waals surface area contributed by atoms with Crippen molar-refractivity contribution in [2.24, 2.45) is 0 Å². The zero-order chi connectivity index (χ0) is 20.2. The van der Waals surface area contributed by atoms with Crippen molar-refractivity contribution in [2.45, 2.75) is 18.3 Å². The number of halogens is 4. The van der Waals surface area contributed by atoms with Crippen molar-refractivity contribution in [3.8, 4) is 0 Å². The highest BCUT2D eigenvalue weighted by atomic mass is 35.5. The maximum Gasteiger partial charge on any atom is 0.433 e. The van der Waals surface area contributed by atoms with Crippen LogP contribution >= 0.6 is 23.4 Å². The number of rotatable bonds is 5. The molecule has 1 aromatic heterocycles. The van der Waals surface area contributed by atoms with Crippen LogP contribution in [-0.4, -0.2) is 34.7 Å². The Labute approximate surface area is 161 Å². The number of ether oxygens (including phenoxy) is 1. The summed E-state index contributed by atoms with van der Waals surface area (Å²) in [4.78, 5) is 30.9. The SMILES string of the molecule is COC(=O)c1ccc(Cl)c(NC(=O)CSc2nc(C)cc(C(F)(F)F)n2)c1. The van der Waals surface area contributed by atoms with Crippen molar-refractivity contribution in [3.05, 3.63) is 46.2 Å². The minimum Gasteiger partial charge on any atom is -0.465 e. The largest absolute Gasteiger partial charge is 0.465 e. The van der Waals surface area contributed by atoms with E-state index in [1.807, 2.05) is 0 Å². The Kier molecular flexibility index (Phi) is 6.66. The number of amides is 1. The lowest BCUT2D eigenvalue weighted by Crippen LogP contribution is -2.16. The first kappa shape index (κ1) is 21.0. The van der Waals surface area contributed by atoms with Crippen LogP contribution in [0.3, 0.4) is 0 Å². The molecule has 0 aliphatic rings. The molecule has 0 saturated carbocycles. The molecule has 2 aromatic rings. The topological polar surface area (TPSA) is 81.2 Å². The number of esters is 1. The highest BCUT2D eigenvalue weighted by molar-refractivity contribution is 7.99. The average molecular weight is 420 g/mol. The van der Waals surface area contributed by atoms with Crippen LogP contribution in [0.1, 0.15) is 21.7 Å². The summed E-state index contributed by atoms with van der Waals surface area (Å²) in [5.41, 5.74) is -0.589. The van der Waals surface area contributed by atoms with E-state index in [1.165, 1.54) is 32.2 Å². The fourth-order valence-corrected chi connectivity index (χ4v) is 2.80. The molecule has 0 unspecified atom stereocenters. The molecule has 1 N–H and O–H groups in total. The van der Waals surface area contributed by atoms with Crippen LogP contribution in [0.5, 0.6) is 0 Å². The van der Waals surface area contributed by atoms with E-state index in [0.717, 1.165) is 17.8 Å². The molecule has 144 valence electrons. The molecule has 2 rings (SSSR count). The minimum absolute atomic E-state index is 0.133. The molecule has 0 saturated heterocycles. The van der Waals surface area contributed by atoms with E-state index in [4.69, 9.17) is 11.6 Å². The maximum absolute atomic E-state index is 12.8. The molecule has 0 aliphatic carbocycles. The Hall–Kier alpha value is -2.33. The van der Waals surface area contributed by atoms with Crippen molar-refractivity contribution in [1.82, 2.24) is 9.97 Å². The van der Waals surface area contributed by atoms with Gasteiger partial charge in [0.1, 0.15) is 5.69 Å². The molecule has 0 radical (unpaired) electrons. The van der Waals surface area contributed by atoms with Gasteiger partial charge in [-0.3, -0.25) is 4.79 Å². The van der Waals surface area contributed by atoms with Gasteiger partial charge in [0, 0.05) is 5.69 Å². The number of hydrogen-bond donors (Lipinski definition) is 1. The predicted molar refractivity (Wildman–Crippen MR) is 93.9 cm³/mol. The van der Waals surface area contributed by atoms with Crippen LogP contribution in [0.15, 0.2) is 29.4 Å². The van der Waals surface area contributed by atoms with E-state index in [9.17, 15) is 22.8 Å². The molecule has 1 heterocycles. The van der Waals surface area contributed by atoms with Gasteiger partial charge < -0.3 is 10.1 Å². The number of aromatic nitrogens is 2. The molecule has 27 heavy (non-hydrogen) atoms. The lowest BCUT2D eigenvalue weighted by atomic mass is 10.2. The summed E-state index contributed by atoms with van der Waals surface area (Å²) < 4.78 is 42.9. The van der Waals surface area contributed by atoms with Crippen molar-refractivity contribution < 1.29 is 27.5 Å². The minimum atomic E-state index is -4.60. The van der Waals surface area contributed by atoms with Gasteiger partial charge >= 0.3 is 12.1 Å². The Morgan fingerprint density at radius 2 is 1.96 bits per heavy atom. The van der Waals surface area contributed by atoms with Crippen molar-refractivity contribution >= 4 is 40.9 Å². The van der Waals surface area contributed by atoms with Crippen LogP contribution in [0.2, 0.25) is 5.02 Å². The first-order valence-corrected chi connectivity index (χ1v) is 8.70. The summed E-state index contributed by atoms with van der Waals surface area (Å²) in [5, 5.41) is 2.50. The van der Waals surface area contributed by atoms with Gasteiger partial charge in [-0.25, -0.2) is 14.8 Å². The number of nitrogens with one attached hydrogen (secondary N) is 1. The standard InChI is InChI=1S/C16H13ClF3N3O3S/c1-8-5-12(16(18,19)20)23-15(21-8)27-7-13(24)22-11-6-9(14(25)26-2)3-4-10(11)17/h3-6H,7H2,1-2H3,(H,22,24). The van der Waals surface area contributed by atoms with E-state index in [1.54, 1.807) is 0 Å². The molecular weight excluding hydrogens is 407 g/mol. The van der Waals surface area contributed by atoms with E-state index >= 15 is 0 Å². The lowest BCUT2D eigenvalue weighted by Gasteiger charge is -2.10. The van der Waals surface area contributed by atoms with Gasteiger partial charge in [-0.1, -0.05) is 23.4 Å². The summed E-state index contributed by atoms with van der Waals surface area (Å²) in [6, 6.07) is 5.00. The highest BCUT2D eigenvalue weighted by Gasteiger charge is 2.33. The Bertz CT molecular complexity index is 878. The van der Waals surface area contributed by atoms with Gasteiger partial charge in [0.2, 0.25) is 5.91 Å². The van der Waals surface area contributed by atoms with Crippen molar-refractivity contribution in [2.75, 3.05) is 18.2 Å². The zero-order valence-electron chi connectivity index (χ0n) is 14.1. The molecule has 1 amide bonds. The van der Waals surface area contributed by atoms with Crippen LogP contribution < -0.4 is 5.32 Å². The third-order valence-electron chi connectivity index (χ3n) is 3.12. The number of carbonyl (C=O) groups excluding carboxylic acids is 2. The fraction of sp³-hybridized carbons (Fsp3) is 0.250. The summed E-state index contributed by atoms with van der Waals surface area (Å²) >= 11 is 6.72. The van der Waals surface area contributed by atoms with Crippen LogP contribution in [-0.2, 0) is 15.7 Å². The van der Waals surface area contributed by atoms with Crippen molar-refractivity contribution in [1.29, 1.82) is 0 Å². The smallest absolute Gasteiger partial charge is 0.433 e. The van der Waals surface area contributed by atoms with Crippen LogP contribution in [0.25, 0.3) is 0 Å². The molecule has 0 atom stereocenters. The quantitative estimate of drug-likeness (QED) is 0.448. The van der Waals surface area contributed by atoms with Crippen LogP contribution in [0, 0.1) is 6.92 Å². The van der Waals surface area contributed by atoms with Gasteiger partial charge in [-0.05, 0) is 31.2 Å². The first-order chi connectivity index (χ1) is 12.6. The maximum atomic E-state index is 12.8. The number of aryl methyl sites for hydroxylation is 1. The van der Waals surface area contributed by atoms with Crippen LogP contribution in [0.4, 0.5) is 18.9 Å². The molecule has 6 nitrogen and oxygen atoms in total. The molecular formula is C16H13ClF3N3O3S. The van der Waals surface area contributed by atoms with E-state index in [0.29, 0.717) is 0 Å². The number of nitrogens with zero attached hydrogens (tertiary/aromatic N) is 2. The van der Waals surface area contributed by atoms with E-state index in [2.05, 4.69) is 20.0 Å². The number of alkyl halides is 3. The van der Waals surface area contributed by atoms with Crippen molar-refractivity contribution in [3.63, 3.8) is 0 Å². The summed E-state index contributed by atoms with van der Waals surface area (Å²) in [5.74, 6) is -1.41. The number of methoxy groups -OCH3 is 1. The Balaban J connectivity index is 2.07. The lowest BCUT2D eigenvalue weighted by molar-refractivity contribution is -0.141. The van der Waals surface area contributed by atoms with E-state index in [-0.39, 0.29) is 32.9 Å². The van der Waals surface area contributed by atoms with Gasteiger partial charge in [0.25, 0.3) is 0 Å². The van der Waals surface area contributed by atoms with Gasteiger partial charge in [-0.15, -0.1) is 0 Å². The molecule has 0 spiro atoms. The molecule has 1 aromatic carbocycles. The van der Waals surface area contributed by atoms with Gasteiger partial charge in [0.05, 0.1) is 29.1 Å². The summed E-state index contributed by atoms with van der Waals surface area (Å²) in [7, 11) is 1.21. The second kappa shape index (κ2) is 8.57. The number of hydrogen-bond acceptors (Lipinski definition) is 6. The molecule has 0 bridgehead atoms. The van der Waals surface area contributed by atoms with E-state index < -0.39 is 23.7 Å². The summed E-state index contributed by atoms with van der Waals surface area (Å²) in [6.07, 6.45) is -4.60. The molecule has 0 aliphatic heterocycles. The highest BCUT2D eigenvalue weighted by Crippen LogP contribution is 2.29. The number of benzene rings is 1. The second-order valence-electron chi connectivity index (χ2n) is 5.20. The van der Waals surface area contributed by atoms with Gasteiger partial charge in [-0.2, -0.15) is 13.2 Å². The monoisotopic (exact) mass is 419 g/mol. The zero-order valence-corrected chi connectivity index (χ0v) is 15.6. The molecule has 11 heteroatoms. The normalized spacial score (nSPS) is 11.2. The third-order valence-corrected chi connectivity index (χ3v) is 4.29.